The molecule has 1 aliphatic heterocycles. The Morgan fingerprint density at radius 1 is 1.31 bits per heavy atom. The van der Waals surface area contributed by atoms with Crippen molar-refractivity contribution in [3.05, 3.63) is 53.1 Å². The van der Waals surface area contributed by atoms with Gasteiger partial charge in [-0.2, -0.15) is 10.1 Å². The van der Waals surface area contributed by atoms with Gasteiger partial charge in [-0.3, -0.25) is 9.78 Å². The van der Waals surface area contributed by atoms with Crippen molar-refractivity contribution in [2.24, 2.45) is 5.92 Å². The summed E-state index contributed by atoms with van der Waals surface area (Å²) in [4.78, 5) is 26.1. The van der Waals surface area contributed by atoms with Crippen LogP contribution < -0.4 is 0 Å². The third-order valence-electron chi connectivity index (χ3n) is 5.44. The van der Waals surface area contributed by atoms with E-state index in [2.05, 4.69) is 20.1 Å². The maximum atomic E-state index is 14.4. The molecule has 1 saturated heterocycles. The first kappa shape index (κ1) is 19.3. The maximum absolute atomic E-state index is 14.4. The molecule has 152 valence electrons. The smallest absolute Gasteiger partial charge is 0.280 e. The lowest BCUT2D eigenvalue weighted by Crippen LogP contribution is -2.43. The van der Waals surface area contributed by atoms with Gasteiger partial charge in [0.15, 0.2) is 5.82 Å². The second-order valence-corrected chi connectivity index (χ2v) is 7.26. The normalized spacial score (nSPS) is 19.9. The van der Waals surface area contributed by atoms with Gasteiger partial charge in [-0.15, -0.1) is 0 Å². The molecule has 0 aromatic carbocycles. The Bertz CT molecular complexity index is 1070. The molecule has 0 N–H and O–H groups in total. The number of amides is 1. The van der Waals surface area contributed by atoms with Crippen molar-refractivity contribution in [2.75, 3.05) is 13.1 Å². The van der Waals surface area contributed by atoms with Crippen LogP contribution in [0.15, 0.2) is 24.7 Å². The minimum atomic E-state index is -2.75. The number of carbonyl (C=O) groups excluding carboxylic acids is 1. The van der Waals surface area contributed by atoms with Crippen molar-refractivity contribution in [3.63, 3.8) is 0 Å². The van der Waals surface area contributed by atoms with Gasteiger partial charge in [0.2, 0.25) is 0 Å². The van der Waals surface area contributed by atoms with E-state index in [1.165, 1.54) is 36.1 Å². The average Bonchev–Trinajstić information content (AvgIpc) is 3.18. The summed E-state index contributed by atoms with van der Waals surface area (Å²) in [6, 6.07) is 2.67. The van der Waals surface area contributed by atoms with Crippen LogP contribution in [0.4, 0.5) is 13.2 Å². The Kier molecular flexibility index (Phi) is 4.93. The molecule has 4 heterocycles. The quantitative estimate of drug-likeness (QED) is 0.670. The van der Waals surface area contributed by atoms with Gasteiger partial charge in [0.1, 0.15) is 12.0 Å². The number of halogens is 3. The minimum Gasteiger partial charge on any atom is -0.338 e. The highest BCUT2D eigenvalue weighted by molar-refractivity contribution is 5.94. The summed E-state index contributed by atoms with van der Waals surface area (Å²) in [7, 11) is 0. The molecular formula is C19H19F3N6O. The van der Waals surface area contributed by atoms with Crippen molar-refractivity contribution in [1.29, 1.82) is 0 Å². The Balaban J connectivity index is 1.70. The van der Waals surface area contributed by atoms with E-state index in [0.717, 1.165) is 0 Å². The predicted octanol–water partition coefficient (Wildman–Crippen LogP) is 3.17. The number of nitrogens with zero attached hydrogens (tertiary/aromatic N) is 6. The molecule has 2 atom stereocenters. The Labute approximate surface area is 164 Å². The van der Waals surface area contributed by atoms with Crippen LogP contribution in [0.5, 0.6) is 0 Å². The molecular weight excluding hydrogens is 385 g/mol. The molecule has 1 unspecified atom stereocenters. The lowest BCUT2D eigenvalue weighted by Gasteiger charge is -2.37. The third kappa shape index (κ3) is 3.43. The number of fused-ring (bicyclic) bond motifs is 1. The zero-order chi connectivity index (χ0) is 20.7. The average molecular weight is 404 g/mol. The molecule has 0 bridgehead atoms. The van der Waals surface area contributed by atoms with Crippen molar-refractivity contribution in [2.45, 2.75) is 32.6 Å². The van der Waals surface area contributed by atoms with E-state index in [-0.39, 0.29) is 41.1 Å². The molecule has 10 heteroatoms. The lowest BCUT2D eigenvalue weighted by atomic mass is 9.84. The van der Waals surface area contributed by atoms with Crippen LogP contribution in [0.3, 0.4) is 0 Å². The van der Waals surface area contributed by atoms with Gasteiger partial charge in [-0.1, -0.05) is 6.92 Å². The van der Waals surface area contributed by atoms with Gasteiger partial charge in [0.05, 0.1) is 17.0 Å². The number of carbonyl (C=O) groups is 1. The summed E-state index contributed by atoms with van der Waals surface area (Å²) in [6.45, 7) is 4.19. The molecule has 0 saturated carbocycles. The highest BCUT2D eigenvalue weighted by Crippen LogP contribution is 2.34. The van der Waals surface area contributed by atoms with E-state index < -0.39 is 18.1 Å². The van der Waals surface area contributed by atoms with Crippen LogP contribution >= 0.6 is 0 Å². The number of piperidine rings is 1. The standard InChI is InChI=1S/C19H19F3N6O/c1-10-4-6-27(18(29)12-3-5-23-11(2)16(12)20)8-13(10)15-7-14(17(21)22)26-19-24-9-25-28(15)19/h3,5,7,9-10,13,17H,4,6,8H2,1-2H3/t10?,13-/m1/s1. The van der Waals surface area contributed by atoms with Gasteiger partial charge in [0.25, 0.3) is 18.1 Å². The number of pyridine rings is 1. The summed E-state index contributed by atoms with van der Waals surface area (Å²) in [6.07, 6.45) is 0.546. The number of hydrogen-bond donors (Lipinski definition) is 0. The van der Waals surface area contributed by atoms with E-state index >= 15 is 0 Å². The summed E-state index contributed by atoms with van der Waals surface area (Å²) in [5, 5.41) is 4.11. The van der Waals surface area contributed by atoms with Crippen LogP contribution in [0, 0.1) is 18.7 Å². The van der Waals surface area contributed by atoms with Crippen molar-refractivity contribution < 1.29 is 18.0 Å². The molecule has 3 aromatic heterocycles. The molecule has 29 heavy (non-hydrogen) atoms. The van der Waals surface area contributed by atoms with E-state index in [4.69, 9.17) is 0 Å². The third-order valence-corrected chi connectivity index (χ3v) is 5.44. The second kappa shape index (κ2) is 7.41. The minimum absolute atomic E-state index is 0.0419. The highest BCUT2D eigenvalue weighted by atomic mass is 19.3. The molecule has 1 fully saturated rings. The number of aryl methyl sites for hydroxylation is 1. The van der Waals surface area contributed by atoms with Crippen LogP contribution in [-0.2, 0) is 0 Å². The summed E-state index contributed by atoms with van der Waals surface area (Å²) >= 11 is 0. The SMILES string of the molecule is Cc1nccc(C(=O)N2CCC(C)[C@H](c3cc(C(F)F)nc4ncnn34)C2)c1F. The predicted molar refractivity (Wildman–Crippen MR) is 97.1 cm³/mol. The van der Waals surface area contributed by atoms with Gasteiger partial charge in [-0.25, -0.2) is 22.7 Å². The first-order valence-corrected chi connectivity index (χ1v) is 9.26. The molecule has 3 aromatic rings. The number of likely N-dealkylation sites (tertiary alicyclic amines) is 1. The van der Waals surface area contributed by atoms with Crippen molar-refractivity contribution in [1.82, 2.24) is 29.5 Å². The molecule has 4 rings (SSSR count). The van der Waals surface area contributed by atoms with E-state index in [9.17, 15) is 18.0 Å². The summed E-state index contributed by atoms with van der Waals surface area (Å²) < 4.78 is 42.5. The fraction of sp³-hybridized carbons (Fsp3) is 0.421. The Morgan fingerprint density at radius 3 is 2.86 bits per heavy atom. The fourth-order valence-electron chi connectivity index (χ4n) is 3.75. The van der Waals surface area contributed by atoms with Crippen LogP contribution in [0.2, 0.25) is 0 Å². The molecule has 1 amide bonds. The van der Waals surface area contributed by atoms with Gasteiger partial charge >= 0.3 is 0 Å². The first-order chi connectivity index (χ1) is 13.9. The Hall–Kier alpha value is -3.04. The topological polar surface area (TPSA) is 76.3 Å². The summed E-state index contributed by atoms with van der Waals surface area (Å²) in [5.74, 6) is -1.17. The zero-order valence-electron chi connectivity index (χ0n) is 15.9. The van der Waals surface area contributed by atoms with E-state index in [1.54, 1.807) is 4.90 Å². The van der Waals surface area contributed by atoms with Gasteiger partial charge in [0, 0.05) is 25.2 Å². The van der Waals surface area contributed by atoms with Crippen LogP contribution in [-0.4, -0.2) is 48.5 Å². The van der Waals surface area contributed by atoms with E-state index in [0.29, 0.717) is 18.7 Å². The number of aromatic nitrogens is 5. The second-order valence-electron chi connectivity index (χ2n) is 7.26. The zero-order valence-corrected chi connectivity index (χ0v) is 15.9. The molecule has 0 radical (unpaired) electrons. The van der Waals surface area contributed by atoms with Gasteiger partial charge < -0.3 is 4.90 Å². The molecule has 7 nitrogen and oxygen atoms in total. The fourth-order valence-corrected chi connectivity index (χ4v) is 3.75. The summed E-state index contributed by atoms with van der Waals surface area (Å²) in [5.41, 5.74) is 0.239. The van der Waals surface area contributed by atoms with Crippen molar-refractivity contribution in [3.8, 4) is 0 Å². The molecule has 0 aliphatic carbocycles. The number of alkyl halides is 2. The van der Waals surface area contributed by atoms with E-state index in [1.807, 2.05) is 6.92 Å². The monoisotopic (exact) mass is 404 g/mol. The highest BCUT2D eigenvalue weighted by Gasteiger charge is 2.34. The lowest BCUT2D eigenvalue weighted by molar-refractivity contribution is 0.0660. The van der Waals surface area contributed by atoms with Gasteiger partial charge in [-0.05, 0) is 31.4 Å². The number of rotatable bonds is 3. The molecule has 0 spiro atoms. The Morgan fingerprint density at radius 2 is 2.10 bits per heavy atom. The van der Waals surface area contributed by atoms with Crippen LogP contribution in [0.25, 0.3) is 5.78 Å². The first-order valence-electron chi connectivity index (χ1n) is 9.26. The largest absolute Gasteiger partial charge is 0.338 e. The number of hydrogen-bond acceptors (Lipinski definition) is 5. The van der Waals surface area contributed by atoms with Crippen molar-refractivity contribution >= 4 is 11.7 Å². The maximum Gasteiger partial charge on any atom is 0.280 e. The van der Waals surface area contributed by atoms with Crippen LogP contribution in [0.1, 0.15) is 53.1 Å². The molecule has 1 aliphatic rings.